The molecule has 1 N–H and O–H groups in total. The zero-order valence-electron chi connectivity index (χ0n) is 11.3. The molecule has 0 aromatic carbocycles. The van der Waals surface area contributed by atoms with Gasteiger partial charge in [-0.3, -0.25) is 9.59 Å². The molecule has 2 heterocycles. The summed E-state index contributed by atoms with van der Waals surface area (Å²) in [7, 11) is 3.38. The smallest absolute Gasteiger partial charge is 0.293 e. The van der Waals surface area contributed by atoms with Crippen molar-refractivity contribution in [2.75, 3.05) is 44.7 Å². The standard InChI is InChI=1S/C12H19N5O2/c1-15-6-5-14-11(12(15)19)16(2)9-10(18)17-7-3-13-4-8-17/h5-6,13H,3-4,7-9H2,1-2H3. The van der Waals surface area contributed by atoms with E-state index in [0.717, 1.165) is 13.1 Å². The molecular weight excluding hydrogens is 246 g/mol. The number of hydrogen-bond acceptors (Lipinski definition) is 5. The van der Waals surface area contributed by atoms with Crippen LogP contribution in [0.25, 0.3) is 0 Å². The van der Waals surface area contributed by atoms with Crippen molar-refractivity contribution >= 4 is 11.7 Å². The first-order valence-electron chi connectivity index (χ1n) is 6.31. The van der Waals surface area contributed by atoms with Gasteiger partial charge in [-0.2, -0.15) is 0 Å². The Morgan fingerprint density at radius 3 is 2.84 bits per heavy atom. The molecule has 0 saturated carbocycles. The Balaban J connectivity index is 2.04. The lowest BCUT2D eigenvalue weighted by atomic mass is 10.3. The van der Waals surface area contributed by atoms with Crippen LogP contribution in [0.1, 0.15) is 0 Å². The van der Waals surface area contributed by atoms with Crippen LogP contribution in [-0.2, 0) is 11.8 Å². The van der Waals surface area contributed by atoms with Gasteiger partial charge in [-0.05, 0) is 0 Å². The van der Waals surface area contributed by atoms with Crippen LogP contribution >= 0.6 is 0 Å². The fraction of sp³-hybridized carbons (Fsp3) is 0.583. The topological polar surface area (TPSA) is 70.5 Å². The van der Waals surface area contributed by atoms with E-state index < -0.39 is 0 Å². The number of carbonyl (C=O) groups is 1. The van der Waals surface area contributed by atoms with E-state index in [2.05, 4.69) is 10.3 Å². The molecule has 7 heteroatoms. The highest BCUT2D eigenvalue weighted by molar-refractivity contribution is 5.81. The van der Waals surface area contributed by atoms with Gasteiger partial charge in [0.2, 0.25) is 5.91 Å². The molecule has 1 saturated heterocycles. The number of carbonyl (C=O) groups excluding carboxylic acids is 1. The minimum Gasteiger partial charge on any atom is -0.346 e. The number of rotatable bonds is 3. The molecule has 1 amide bonds. The summed E-state index contributed by atoms with van der Waals surface area (Å²) in [5.74, 6) is 0.324. The number of nitrogens with zero attached hydrogens (tertiary/aromatic N) is 4. The van der Waals surface area contributed by atoms with E-state index >= 15 is 0 Å². The average molecular weight is 265 g/mol. The van der Waals surface area contributed by atoms with E-state index in [4.69, 9.17) is 0 Å². The second-order valence-electron chi connectivity index (χ2n) is 4.65. The van der Waals surface area contributed by atoms with Crippen LogP contribution in [0.3, 0.4) is 0 Å². The van der Waals surface area contributed by atoms with Gasteiger partial charge in [0.25, 0.3) is 5.56 Å². The van der Waals surface area contributed by atoms with Gasteiger partial charge in [-0.25, -0.2) is 4.98 Å². The molecule has 2 rings (SSSR count). The Hall–Kier alpha value is -1.89. The van der Waals surface area contributed by atoms with Crippen molar-refractivity contribution in [2.24, 2.45) is 7.05 Å². The third-order valence-electron chi connectivity index (χ3n) is 3.20. The van der Waals surface area contributed by atoms with E-state index in [1.54, 1.807) is 36.3 Å². The van der Waals surface area contributed by atoms with Crippen molar-refractivity contribution < 1.29 is 4.79 Å². The molecule has 0 atom stereocenters. The number of aromatic nitrogens is 2. The molecule has 1 aliphatic rings. The number of nitrogens with one attached hydrogen (secondary N) is 1. The fourth-order valence-corrected chi connectivity index (χ4v) is 2.04. The predicted octanol–water partition coefficient (Wildman–Crippen LogP) is -1.35. The van der Waals surface area contributed by atoms with Crippen molar-refractivity contribution in [3.63, 3.8) is 0 Å². The number of hydrogen-bond donors (Lipinski definition) is 1. The molecule has 19 heavy (non-hydrogen) atoms. The van der Waals surface area contributed by atoms with Crippen molar-refractivity contribution in [2.45, 2.75) is 0 Å². The predicted molar refractivity (Wildman–Crippen MR) is 72.2 cm³/mol. The lowest BCUT2D eigenvalue weighted by Crippen LogP contribution is -2.49. The number of likely N-dealkylation sites (N-methyl/N-ethyl adjacent to an activating group) is 1. The van der Waals surface area contributed by atoms with Gasteiger partial charge < -0.3 is 19.7 Å². The van der Waals surface area contributed by atoms with E-state index in [0.29, 0.717) is 18.9 Å². The van der Waals surface area contributed by atoms with E-state index in [9.17, 15) is 9.59 Å². The summed E-state index contributed by atoms with van der Waals surface area (Å²) in [5.41, 5.74) is -0.196. The summed E-state index contributed by atoms with van der Waals surface area (Å²) in [5, 5.41) is 3.20. The van der Waals surface area contributed by atoms with Crippen LogP contribution in [0.2, 0.25) is 0 Å². The van der Waals surface area contributed by atoms with Crippen LogP contribution in [0, 0.1) is 0 Å². The maximum absolute atomic E-state index is 12.1. The molecular formula is C12H19N5O2. The summed E-state index contributed by atoms with van der Waals surface area (Å²) in [4.78, 5) is 31.4. The Bertz CT molecular complexity index is 507. The van der Waals surface area contributed by atoms with Crippen LogP contribution in [-0.4, -0.2) is 60.1 Å². The Labute approximate surface area is 111 Å². The molecule has 1 aliphatic heterocycles. The summed E-state index contributed by atoms with van der Waals surface area (Å²) in [6, 6.07) is 0. The van der Waals surface area contributed by atoms with E-state index in [-0.39, 0.29) is 18.0 Å². The summed E-state index contributed by atoms with van der Waals surface area (Å²) in [6.07, 6.45) is 3.15. The van der Waals surface area contributed by atoms with E-state index in [1.807, 2.05) is 0 Å². The molecule has 0 spiro atoms. The van der Waals surface area contributed by atoms with Gasteiger partial charge in [-0.15, -0.1) is 0 Å². The van der Waals surface area contributed by atoms with Crippen molar-refractivity contribution in [1.29, 1.82) is 0 Å². The van der Waals surface area contributed by atoms with Gasteiger partial charge in [0.05, 0.1) is 6.54 Å². The Kier molecular flexibility index (Phi) is 4.16. The second kappa shape index (κ2) is 5.83. The normalized spacial score (nSPS) is 15.4. The zero-order valence-corrected chi connectivity index (χ0v) is 11.3. The third-order valence-corrected chi connectivity index (χ3v) is 3.20. The molecule has 1 aromatic heterocycles. The monoisotopic (exact) mass is 265 g/mol. The quantitative estimate of drug-likeness (QED) is 0.731. The Morgan fingerprint density at radius 1 is 1.47 bits per heavy atom. The van der Waals surface area contributed by atoms with Crippen LogP contribution < -0.4 is 15.8 Å². The molecule has 104 valence electrons. The first kappa shape index (κ1) is 13.5. The van der Waals surface area contributed by atoms with Crippen LogP contribution in [0.15, 0.2) is 17.2 Å². The van der Waals surface area contributed by atoms with Gasteiger partial charge in [-0.1, -0.05) is 0 Å². The lowest BCUT2D eigenvalue weighted by molar-refractivity contribution is -0.130. The lowest BCUT2D eigenvalue weighted by Gasteiger charge is -2.29. The zero-order chi connectivity index (χ0) is 13.8. The molecule has 0 aliphatic carbocycles. The number of piperazine rings is 1. The minimum absolute atomic E-state index is 0.0247. The summed E-state index contributed by atoms with van der Waals surface area (Å²) < 4.78 is 1.45. The molecule has 0 unspecified atom stereocenters. The largest absolute Gasteiger partial charge is 0.346 e. The number of anilines is 1. The van der Waals surface area contributed by atoms with E-state index in [1.165, 1.54) is 4.57 Å². The molecule has 0 bridgehead atoms. The number of amides is 1. The number of aryl methyl sites for hydroxylation is 1. The maximum atomic E-state index is 12.1. The highest BCUT2D eigenvalue weighted by Crippen LogP contribution is 2.02. The van der Waals surface area contributed by atoms with Crippen molar-refractivity contribution in [3.8, 4) is 0 Å². The molecule has 1 aromatic rings. The summed E-state index contributed by atoms with van der Waals surface area (Å²) >= 11 is 0. The first-order valence-corrected chi connectivity index (χ1v) is 6.31. The first-order chi connectivity index (χ1) is 9.09. The summed E-state index contributed by atoms with van der Waals surface area (Å²) in [6.45, 7) is 3.24. The third kappa shape index (κ3) is 3.11. The van der Waals surface area contributed by atoms with Crippen molar-refractivity contribution in [1.82, 2.24) is 19.8 Å². The van der Waals surface area contributed by atoms with Gasteiger partial charge in [0, 0.05) is 52.7 Å². The maximum Gasteiger partial charge on any atom is 0.293 e. The molecule has 7 nitrogen and oxygen atoms in total. The SMILES string of the molecule is CN(CC(=O)N1CCNCC1)c1nccn(C)c1=O. The van der Waals surface area contributed by atoms with Gasteiger partial charge in [0.1, 0.15) is 0 Å². The highest BCUT2D eigenvalue weighted by Gasteiger charge is 2.19. The van der Waals surface area contributed by atoms with Gasteiger partial charge in [0.15, 0.2) is 5.82 Å². The van der Waals surface area contributed by atoms with Crippen molar-refractivity contribution in [3.05, 3.63) is 22.7 Å². The molecule has 1 fully saturated rings. The molecule has 0 radical (unpaired) electrons. The fourth-order valence-electron chi connectivity index (χ4n) is 2.04. The van der Waals surface area contributed by atoms with Gasteiger partial charge >= 0.3 is 0 Å². The Morgan fingerprint density at radius 2 is 2.16 bits per heavy atom. The second-order valence-corrected chi connectivity index (χ2v) is 4.65. The highest BCUT2D eigenvalue weighted by atomic mass is 16.2. The van der Waals surface area contributed by atoms with Crippen LogP contribution in [0.4, 0.5) is 5.82 Å². The van der Waals surface area contributed by atoms with Crippen LogP contribution in [0.5, 0.6) is 0 Å². The average Bonchev–Trinajstić information content (AvgIpc) is 2.42. The minimum atomic E-state index is -0.196.